The molecule has 4 aliphatic rings. The second-order valence-corrected chi connectivity index (χ2v) is 15.5. The van der Waals surface area contributed by atoms with Gasteiger partial charge in [0, 0.05) is 16.6 Å². The highest BCUT2D eigenvalue weighted by atomic mass is 16.5. The van der Waals surface area contributed by atoms with Gasteiger partial charge in [0.1, 0.15) is 13.2 Å². The van der Waals surface area contributed by atoms with E-state index in [1.807, 2.05) is 6.08 Å². The summed E-state index contributed by atoms with van der Waals surface area (Å²) in [6.45, 7) is 19.2. The molecule has 0 aromatic heterocycles. The van der Waals surface area contributed by atoms with Gasteiger partial charge < -0.3 is 9.47 Å². The largest absolute Gasteiger partial charge is 0.475 e. The molecule has 2 aliphatic heterocycles. The highest BCUT2D eigenvalue weighted by Gasteiger charge is 2.60. The van der Waals surface area contributed by atoms with Crippen LogP contribution < -0.4 is 0 Å². The van der Waals surface area contributed by atoms with Crippen LogP contribution in [-0.4, -0.2) is 37.1 Å². The quantitative estimate of drug-likeness (QED) is 0.235. The van der Waals surface area contributed by atoms with Crippen molar-refractivity contribution in [2.24, 2.45) is 15.4 Å². The number of ether oxygens (including phenoxy) is 2. The summed E-state index contributed by atoms with van der Waals surface area (Å²) >= 11 is 0. The second-order valence-electron chi connectivity index (χ2n) is 15.5. The Morgan fingerprint density at radius 1 is 0.809 bits per heavy atom. The molecule has 0 bridgehead atoms. The SMILES string of the molecule is C=C/C(C)=C\C1=C(C2=N[C@@H](Cc3ccccc3)CO2)[C@@]2(CC1(C)C)CC(C)(C)c1cc(C)cc(C3=N[C@@H](Cc4ccccc4)CO3)c12. The van der Waals surface area contributed by atoms with Gasteiger partial charge in [0.2, 0.25) is 11.8 Å². The zero-order valence-corrected chi connectivity index (χ0v) is 28.9. The highest BCUT2D eigenvalue weighted by molar-refractivity contribution is 6.03. The van der Waals surface area contributed by atoms with E-state index in [9.17, 15) is 0 Å². The third kappa shape index (κ3) is 5.70. The zero-order chi connectivity index (χ0) is 33.0. The van der Waals surface area contributed by atoms with Crippen LogP contribution in [0.2, 0.25) is 0 Å². The topological polar surface area (TPSA) is 43.2 Å². The molecule has 4 heteroatoms. The monoisotopic (exact) mass is 624 g/mol. The molecule has 1 spiro atoms. The van der Waals surface area contributed by atoms with E-state index in [4.69, 9.17) is 19.5 Å². The number of allylic oxidation sites excluding steroid dienone is 4. The van der Waals surface area contributed by atoms with Crippen molar-refractivity contribution in [3.05, 3.63) is 142 Å². The summed E-state index contributed by atoms with van der Waals surface area (Å²) < 4.78 is 13.2. The van der Waals surface area contributed by atoms with Gasteiger partial charge in [-0.2, -0.15) is 0 Å². The molecule has 7 rings (SSSR count). The van der Waals surface area contributed by atoms with Gasteiger partial charge in [-0.3, -0.25) is 0 Å². The van der Waals surface area contributed by atoms with Crippen molar-refractivity contribution >= 4 is 11.8 Å². The van der Waals surface area contributed by atoms with Gasteiger partial charge in [0.05, 0.1) is 12.1 Å². The van der Waals surface area contributed by atoms with Crippen LogP contribution in [0.15, 0.2) is 118 Å². The van der Waals surface area contributed by atoms with Crippen molar-refractivity contribution in [3.63, 3.8) is 0 Å². The number of aliphatic imine (C=N–C) groups is 2. The predicted octanol–water partition coefficient (Wildman–Crippen LogP) is 9.20. The second kappa shape index (κ2) is 11.8. The van der Waals surface area contributed by atoms with E-state index in [2.05, 4.69) is 127 Å². The van der Waals surface area contributed by atoms with Crippen molar-refractivity contribution < 1.29 is 9.47 Å². The first kappa shape index (κ1) is 31.4. The van der Waals surface area contributed by atoms with Crippen LogP contribution in [0.3, 0.4) is 0 Å². The third-order valence-electron chi connectivity index (χ3n) is 10.6. The minimum Gasteiger partial charge on any atom is -0.475 e. The lowest BCUT2D eigenvalue weighted by Gasteiger charge is -2.33. The van der Waals surface area contributed by atoms with Crippen LogP contribution in [0.1, 0.15) is 80.8 Å². The van der Waals surface area contributed by atoms with E-state index >= 15 is 0 Å². The van der Waals surface area contributed by atoms with Gasteiger partial charge in [0.25, 0.3) is 0 Å². The van der Waals surface area contributed by atoms with E-state index < -0.39 is 0 Å². The number of fused-ring (bicyclic) bond motifs is 2. The lowest BCUT2D eigenvalue weighted by atomic mass is 9.70. The summed E-state index contributed by atoms with van der Waals surface area (Å²) in [6.07, 6.45) is 7.97. The van der Waals surface area contributed by atoms with Crippen molar-refractivity contribution in [1.82, 2.24) is 0 Å². The van der Waals surface area contributed by atoms with Crippen molar-refractivity contribution in [3.8, 4) is 0 Å². The summed E-state index contributed by atoms with van der Waals surface area (Å²) in [7, 11) is 0. The smallest absolute Gasteiger partial charge is 0.216 e. The van der Waals surface area contributed by atoms with Gasteiger partial charge in [-0.05, 0) is 84.3 Å². The molecule has 2 heterocycles. The van der Waals surface area contributed by atoms with Crippen LogP contribution in [-0.2, 0) is 33.1 Å². The standard InChI is InChI=1S/C43H48N2O2/c1-8-28(2)20-36-38(40-45-33(25-47-40)23-31-17-13-10-14-18-31)43(27-42(36,6)7)26-41(4,5)35-21-29(3)19-34(37(35)43)39-44-32(24-46-39)22-30-15-11-9-12-16-30/h8-21,32-33H,1,22-27H2,2-7H3/b28-20-/t32-,33-,43+/m0/s1. The number of aryl methyl sites for hydroxylation is 1. The van der Waals surface area contributed by atoms with Crippen LogP contribution >= 0.6 is 0 Å². The first-order valence-electron chi connectivity index (χ1n) is 17.2. The molecule has 0 saturated heterocycles. The Balaban J connectivity index is 1.39. The molecule has 3 aromatic rings. The molecule has 4 nitrogen and oxygen atoms in total. The van der Waals surface area contributed by atoms with E-state index in [-0.39, 0.29) is 28.3 Å². The van der Waals surface area contributed by atoms with E-state index in [1.54, 1.807) is 0 Å². The Bertz CT molecular complexity index is 1830. The fourth-order valence-electron chi connectivity index (χ4n) is 8.81. The van der Waals surface area contributed by atoms with E-state index in [0.29, 0.717) is 13.2 Å². The molecular weight excluding hydrogens is 576 g/mol. The maximum Gasteiger partial charge on any atom is 0.216 e. The van der Waals surface area contributed by atoms with Gasteiger partial charge in [0.15, 0.2) is 0 Å². The molecule has 0 radical (unpaired) electrons. The lowest BCUT2D eigenvalue weighted by Crippen LogP contribution is -2.32. The summed E-state index contributed by atoms with van der Waals surface area (Å²) in [4.78, 5) is 10.6. The van der Waals surface area contributed by atoms with Crippen molar-refractivity contribution in [2.75, 3.05) is 13.2 Å². The zero-order valence-electron chi connectivity index (χ0n) is 28.9. The number of hydrogen-bond acceptors (Lipinski definition) is 4. The average Bonchev–Trinajstić information content (AvgIpc) is 3.78. The Labute approximate surface area is 281 Å². The molecule has 0 fully saturated rings. The molecule has 0 amide bonds. The molecule has 3 atom stereocenters. The van der Waals surface area contributed by atoms with Gasteiger partial charge >= 0.3 is 0 Å². The molecule has 0 saturated carbocycles. The van der Waals surface area contributed by atoms with E-state index in [0.717, 1.165) is 48.6 Å². The maximum absolute atomic E-state index is 6.68. The highest BCUT2D eigenvalue weighted by Crippen LogP contribution is 2.65. The molecular formula is C43H48N2O2. The molecule has 0 unspecified atom stereocenters. The minimum absolute atomic E-state index is 0.0602. The third-order valence-corrected chi connectivity index (χ3v) is 10.6. The van der Waals surface area contributed by atoms with Gasteiger partial charge in [-0.25, -0.2) is 9.98 Å². The van der Waals surface area contributed by atoms with E-state index in [1.165, 1.54) is 39.0 Å². The summed E-state index contributed by atoms with van der Waals surface area (Å²) in [5.74, 6) is 1.59. The lowest BCUT2D eigenvalue weighted by molar-refractivity contribution is 0.297. The Morgan fingerprint density at radius 3 is 1.96 bits per heavy atom. The van der Waals surface area contributed by atoms with Crippen LogP contribution in [0.5, 0.6) is 0 Å². The fourth-order valence-corrected chi connectivity index (χ4v) is 8.81. The van der Waals surface area contributed by atoms with Crippen LogP contribution in [0.25, 0.3) is 0 Å². The molecule has 3 aromatic carbocycles. The Morgan fingerprint density at radius 2 is 1.36 bits per heavy atom. The maximum atomic E-state index is 6.68. The van der Waals surface area contributed by atoms with Crippen LogP contribution in [0.4, 0.5) is 0 Å². The Hall–Kier alpha value is -4.18. The summed E-state index contributed by atoms with van der Waals surface area (Å²) in [6, 6.07) is 26.2. The van der Waals surface area contributed by atoms with Crippen molar-refractivity contribution in [2.45, 2.75) is 90.1 Å². The first-order chi connectivity index (χ1) is 22.5. The number of benzene rings is 3. The predicted molar refractivity (Wildman–Crippen MR) is 194 cm³/mol. The average molecular weight is 625 g/mol. The molecule has 242 valence electrons. The molecule has 47 heavy (non-hydrogen) atoms. The van der Waals surface area contributed by atoms with Gasteiger partial charge in [-0.15, -0.1) is 0 Å². The summed E-state index contributed by atoms with van der Waals surface area (Å²) in [5.41, 5.74) is 10.9. The number of hydrogen-bond donors (Lipinski definition) is 0. The molecule has 0 N–H and O–H groups in total. The molecule has 2 aliphatic carbocycles. The first-order valence-corrected chi connectivity index (χ1v) is 17.2. The van der Waals surface area contributed by atoms with Crippen molar-refractivity contribution in [1.29, 1.82) is 0 Å². The normalized spacial score (nSPS) is 25.8. The summed E-state index contributed by atoms with van der Waals surface area (Å²) in [5, 5.41) is 0. The fraction of sp³-hybridized carbons (Fsp3) is 0.395. The number of nitrogens with zero attached hydrogens (tertiary/aromatic N) is 2. The van der Waals surface area contributed by atoms with Gasteiger partial charge in [-0.1, -0.05) is 124 Å². The number of rotatable bonds is 8. The van der Waals surface area contributed by atoms with Crippen LogP contribution in [0, 0.1) is 12.3 Å². The minimum atomic E-state index is -0.303. The Kier molecular flexibility index (Phi) is 7.89.